The Kier molecular flexibility index (Phi) is 4.54. The molecular formula is C20H18F2N4O2. The zero-order valence-electron chi connectivity index (χ0n) is 15.2. The molecule has 6 nitrogen and oxygen atoms in total. The number of aromatic nitrogens is 2. The molecule has 0 N–H and O–H groups in total. The van der Waals surface area contributed by atoms with Gasteiger partial charge in [0.1, 0.15) is 0 Å². The van der Waals surface area contributed by atoms with Crippen LogP contribution < -0.4 is 10.5 Å². The molecule has 1 aromatic heterocycles. The molecule has 28 heavy (non-hydrogen) atoms. The number of nitrogens with zero attached hydrogens (tertiary/aromatic N) is 4. The first-order valence-corrected chi connectivity index (χ1v) is 8.91. The molecule has 2 heterocycles. The second-order valence-electron chi connectivity index (χ2n) is 6.70. The van der Waals surface area contributed by atoms with E-state index in [1.54, 1.807) is 16.5 Å². The Morgan fingerprint density at radius 1 is 1.00 bits per heavy atom. The summed E-state index contributed by atoms with van der Waals surface area (Å²) in [5.41, 5.74) is 1.38. The van der Waals surface area contributed by atoms with Gasteiger partial charge in [0.2, 0.25) is 0 Å². The van der Waals surface area contributed by atoms with Crippen molar-refractivity contribution in [2.24, 2.45) is 7.05 Å². The number of benzene rings is 2. The molecule has 0 bridgehead atoms. The summed E-state index contributed by atoms with van der Waals surface area (Å²) in [5.74, 6) is -2.05. The van der Waals surface area contributed by atoms with E-state index in [1.165, 1.54) is 6.07 Å². The van der Waals surface area contributed by atoms with Gasteiger partial charge in [0.05, 0.1) is 11.0 Å². The summed E-state index contributed by atoms with van der Waals surface area (Å²) in [4.78, 5) is 33.2. The number of piperazine rings is 1. The highest BCUT2D eigenvalue weighted by atomic mass is 19.2. The molecular weight excluding hydrogens is 366 g/mol. The lowest BCUT2D eigenvalue weighted by Gasteiger charge is -2.35. The van der Waals surface area contributed by atoms with Gasteiger partial charge in [-0.25, -0.2) is 13.8 Å². The van der Waals surface area contributed by atoms with Crippen LogP contribution in [0.5, 0.6) is 0 Å². The van der Waals surface area contributed by atoms with Crippen molar-refractivity contribution in [1.82, 2.24) is 14.5 Å². The quantitative estimate of drug-likeness (QED) is 0.680. The standard InChI is InChI=1S/C20H18F2N4O2/c1-24-17-5-3-2-4-16(17)23-18(20(24)28)25-8-10-26(11-9-25)19(27)13-6-7-14(21)15(22)12-13/h2-7,12H,8-11H2,1H3. The molecule has 144 valence electrons. The van der Waals surface area contributed by atoms with E-state index in [2.05, 4.69) is 4.98 Å². The summed E-state index contributed by atoms with van der Waals surface area (Å²) in [5, 5.41) is 0. The Morgan fingerprint density at radius 2 is 1.71 bits per heavy atom. The number of amides is 1. The van der Waals surface area contributed by atoms with Crippen molar-refractivity contribution in [3.05, 3.63) is 70.0 Å². The predicted octanol–water partition coefficient (Wildman–Crippen LogP) is 2.17. The maximum absolute atomic E-state index is 13.4. The van der Waals surface area contributed by atoms with Crippen molar-refractivity contribution in [2.45, 2.75) is 0 Å². The van der Waals surface area contributed by atoms with E-state index in [0.717, 1.165) is 23.2 Å². The third-order valence-corrected chi connectivity index (χ3v) is 5.00. The molecule has 0 aliphatic carbocycles. The number of anilines is 1. The van der Waals surface area contributed by atoms with Gasteiger partial charge in [-0.05, 0) is 30.3 Å². The van der Waals surface area contributed by atoms with E-state index in [0.29, 0.717) is 32.0 Å². The van der Waals surface area contributed by atoms with Crippen LogP contribution in [0.1, 0.15) is 10.4 Å². The van der Waals surface area contributed by atoms with Gasteiger partial charge < -0.3 is 14.4 Å². The van der Waals surface area contributed by atoms with Crippen LogP contribution in [-0.2, 0) is 7.05 Å². The molecule has 0 saturated carbocycles. The van der Waals surface area contributed by atoms with Crippen molar-refractivity contribution in [3.63, 3.8) is 0 Å². The fourth-order valence-electron chi connectivity index (χ4n) is 3.40. The van der Waals surface area contributed by atoms with Gasteiger partial charge in [-0.1, -0.05) is 12.1 Å². The molecule has 1 amide bonds. The zero-order chi connectivity index (χ0) is 19.8. The summed E-state index contributed by atoms with van der Waals surface area (Å²) >= 11 is 0. The van der Waals surface area contributed by atoms with Crippen molar-refractivity contribution >= 4 is 22.8 Å². The maximum Gasteiger partial charge on any atom is 0.293 e. The van der Waals surface area contributed by atoms with Crippen LogP contribution in [0.15, 0.2) is 47.3 Å². The molecule has 4 rings (SSSR count). The highest BCUT2D eigenvalue weighted by molar-refractivity contribution is 5.94. The van der Waals surface area contributed by atoms with Gasteiger partial charge in [-0.15, -0.1) is 0 Å². The third kappa shape index (κ3) is 3.11. The number of para-hydroxylation sites is 2. The van der Waals surface area contributed by atoms with Gasteiger partial charge in [0.15, 0.2) is 17.5 Å². The van der Waals surface area contributed by atoms with Crippen LogP contribution in [0.4, 0.5) is 14.6 Å². The minimum Gasteiger partial charge on any atom is -0.348 e. The first-order valence-electron chi connectivity index (χ1n) is 8.91. The Hall–Kier alpha value is -3.29. The highest BCUT2D eigenvalue weighted by Crippen LogP contribution is 2.17. The fraction of sp³-hybridized carbons (Fsp3) is 0.250. The second-order valence-corrected chi connectivity index (χ2v) is 6.70. The molecule has 8 heteroatoms. The summed E-state index contributed by atoms with van der Waals surface area (Å²) < 4.78 is 28.0. The monoisotopic (exact) mass is 384 g/mol. The Labute approximate surface area is 159 Å². The number of rotatable bonds is 2. The van der Waals surface area contributed by atoms with E-state index in [-0.39, 0.29) is 17.0 Å². The first kappa shape index (κ1) is 18.1. The molecule has 1 aliphatic rings. The highest BCUT2D eigenvalue weighted by Gasteiger charge is 2.25. The Morgan fingerprint density at radius 3 is 2.43 bits per heavy atom. The summed E-state index contributed by atoms with van der Waals surface area (Å²) in [7, 11) is 1.71. The van der Waals surface area contributed by atoms with Crippen molar-refractivity contribution in [2.75, 3.05) is 31.1 Å². The minimum absolute atomic E-state index is 0.104. The van der Waals surface area contributed by atoms with E-state index in [1.807, 2.05) is 29.2 Å². The summed E-state index contributed by atoms with van der Waals surface area (Å²) in [6, 6.07) is 10.5. The van der Waals surface area contributed by atoms with Gasteiger partial charge >= 0.3 is 0 Å². The number of fused-ring (bicyclic) bond motifs is 1. The van der Waals surface area contributed by atoms with E-state index in [4.69, 9.17) is 0 Å². The van der Waals surface area contributed by atoms with Crippen LogP contribution in [0.2, 0.25) is 0 Å². The number of hydrogen-bond acceptors (Lipinski definition) is 4. The maximum atomic E-state index is 13.4. The van der Waals surface area contributed by atoms with Crippen LogP contribution in [0.3, 0.4) is 0 Å². The Balaban J connectivity index is 1.53. The summed E-state index contributed by atoms with van der Waals surface area (Å²) in [6.07, 6.45) is 0. The number of aryl methyl sites for hydroxylation is 1. The summed E-state index contributed by atoms with van der Waals surface area (Å²) in [6.45, 7) is 1.57. The zero-order valence-corrected chi connectivity index (χ0v) is 15.2. The van der Waals surface area contributed by atoms with E-state index < -0.39 is 11.6 Å². The molecule has 3 aromatic rings. The number of carbonyl (C=O) groups excluding carboxylic acids is 1. The SMILES string of the molecule is Cn1c(=O)c(N2CCN(C(=O)c3ccc(F)c(F)c3)CC2)nc2ccccc21. The normalized spacial score (nSPS) is 14.5. The smallest absolute Gasteiger partial charge is 0.293 e. The molecule has 1 fully saturated rings. The lowest BCUT2D eigenvalue weighted by atomic mass is 10.1. The first-order chi connectivity index (χ1) is 13.5. The predicted molar refractivity (Wildman–Crippen MR) is 101 cm³/mol. The second kappa shape index (κ2) is 7.03. The molecule has 1 saturated heterocycles. The van der Waals surface area contributed by atoms with Crippen LogP contribution in [0.25, 0.3) is 11.0 Å². The molecule has 0 unspecified atom stereocenters. The van der Waals surface area contributed by atoms with Crippen LogP contribution >= 0.6 is 0 Å². The van der Waals surface area contributed by atoms with Crippen LogP contribution in [0, 0.1) is 11.6 Å². The molecule has 0 atom stereocenters. The van der Waals surface area contributed by atoms with Crippen molar-refractivity contribution < 1.29 is 13.6 Å². The average molecular weight is 384 g/mol. The number of hydrogen-bond donors (Lipinski definition) is 0. The largest absolute Gasteiger partial charge is 0.348 e. The fourth-order valence-corrected chi connectivity index (χ4v) is 3.40. The van der Waals surface area contributed by atoms with Gasteiger partial charge in [-0.2, -0.15) is 0 Å². The topological polar surface area (TPSA) is 58.4 Å². The third-order valence-electron chi connectivity index (χ3n) is 5.00. The number of halogens is 2. The van der Waals surface area contributed by atoms with Gasteiger partial charge in [0, 0.05) is 38.8 Å². The lowest BCUT2D eigenvalue weighted by molar-refractivity contribution is 0.0746. The minimum atomic E-state index is -1.05. The molecule has 0 radical (unpaired) electrons. The Bertz CT molecular complexity index is 1120. The van der Waals surface area contributed by atoms with E-state index >= 15 is 0 Å². The van der Waals surface area contributed by atoms with Gasteiger partial charge in [-0.3, -0.25) is 9.59 Å². The number of carbonyl (C=O) groups is 1. The van der Waals surface area contributed by atoms with Crippen molar-refractivity contribution in [3.8, 4) is 0 Å². The lowest BCUT2D eigenvalue weighted by Crippen LogP contribution is -2.50. The van der Waals surface area contributed by atoms with E-state index in [9.17, 15) is 18.4 Å². The van der Waals surface area contributed by atoms with Crippen LogP contribution in [-0.4, -0.2) is 46.5 Å². The average Bonchev–Trinajstić information content (AvgIpc) is 2.72. The molecule has 2 aromatic carbocycles. The van der Waals surface area contributed by atoms with Crippen molar-refractivity contribution in [1.29, 1.82) is 0 Å². The molecule has 1 aliphatic heterocycles. The molecule has 0 spiro atoms. The van der Waals surface area contributed by atoms with Gasteiger partial charge in [0.25, 0.3) is 11.5 Å².